The van der Waals surface area contributed by atoms with Gasteiger partial charge in [-0.25, -0.2) is 0 Å². The molecule has 2 unspecified atom stereocenters. The number of aliphatic hydroxyl groups is 1. The number of fused-ring (bicyclic) bond motifs is 2. The molecule has 1 N–H and O–H groups in total. The van der Waals surface area contributed by atoms with Crippen LogP contribution in [-0.4, -0.2) is 10.7 Å². The molecule has 0 aromatic rings. The van der Waals surface area contributed by atoms with Crippen molar-refractivity contribution in [3.63, 3.8) is 0 Å². The summed E-state index contributed by atoms with van der Waals surface area (Å²) in [5.74, 6) is 0.468. The van der Waals surface area contributed by atoms with Gasteiger partial charge in [0, 0.05) is 11.3 Å². The molecule has 2 atom stereocenters. The first-order valence-electron chi connectivity index (χ1n) is 6.73. The highest BCUT2D eigenvalue weighted by molar-refractivity contribution is 5.41. The Kier molecular flexibility index (Phi) is 1.86. The zero-order valence-corrected chi connectivity index (χ0v) is 11.1. The smallest absolute Gasteiger partial charge is 0.0805 e. The minimum atomic E-state index is -0.443. The number of hydrogen-bond donors (Lipinski definition) is 1. The van der Waals surface area contributed by atoms with Gasteiger partial charge in [0.2, 0.25) is 0 Å². The average molecular weight is 220 g/mol. The second kappa shape index (κ2) is 2.75. The molecule has 3 aliphatic rings. The fourth-order valence-electron chi connectivity index (χ4n) is 4.84. The van der Waals surface area contributed by atoms with Crippen molar-refractivity contribution >= 4 is 0 Å². The van der Waals surface area contributed by atoms with Crippen LogP contribution >= 0.6 is 0 Å². The topological polar surface area (TPSA) is 20.2 Å². The minimum absolute atomic E-state index is 0.0251. The van der Waals surface area contributed by atoms with Crippen molar-refractivity contribution in [3.05, 3.63) is 11.1 Å². The monoisotopic (exact) mass is 220 g/mol. The van der Waals surface area contributed by atoms with Crippen LogP contribution in [0.1, 0.15) is 59.8 Å². The Morgan fingerprint density at radius 3 is 2.50 bits per heavy atom. The van der Waals surface area contributed by atoms with Gasteiger partial charge in [0.15, 0.2) is 0 Å². The predicted octanol–water partition coefficient (Wildman–Crippen LogP) is 3.67. The summed E-state index contributed by atoms with van der Waals surface area (Å²) in [5, 5.41) is 11.2. The van der Waals surface area contributed by atoms with E-state index in [-0.39, 0.29) is 5.41 Å². The van der Waals surface area contributed by atoms with Crippen molar-refractivity contribution < 1.29 is 5.11 Å². The van der Waals surface area contributed by atoms with Gasteiger partial charge in [0.25, 0.3) is 0 Å². The third-order valence-corrected chi connectivity index (χ3v) is 5.60. The van der Waals surface area contributed by atoms with Crippen LogP contribution in [0.5, 0.6) is 0 Å². The lowest BCUT2D eigenvalue weighted by Crippen LogP contribution is -2.44. The van der Waals surface area contributed by atoms with E-state index in [0.29, 0.717) is 11.3 Å². The van der Waals surface area contributed by atoms with Crippen LogP contribution in [0.3, 0.4) is 0 Å². The summed E-state index contributed by atoms with van der Waals surface area (Å²) in [4.78, 5) is 0. The van der Waals surface area contributed by atoms with E-state index < -0.39 is 5.60 Å². The third kappa shape index (κ3) is 1.06. The van der Waals surface area contributed by atoms with Crippen LogP contribution in [0.25, 0.3) is 0 Å². The molecule has 0 radical (unpaired) electrons. The van der Waals surface area contributed by atoms with E-state index in [1.807, 2.05) is 0 Å². The zero-order valence-electron chi connectivity index (χ0n) is 11.1. The van der Waals surface area contributed by atoms with Gasteiger partial charge in [0.05, 0.1) is 5.60 Å². The van der Waals surface area contributed by atoms with E-state index in [1.165, 1.54) is 25.7 Å². The molecule has 1 fully saturated rings. The molecular weight excluding hydrogens is 196 g/mol. The second-order valence-electron chi connectivity index (χ2n) is 7.50. The molecular formula is C15H24O. The molecule has 1 saturated carbocycles. The fraction of sp³-hybridized carbons (Fsp3) is 0.867. The normalized spacial score (nSPS) is 43.7. The zero-order chi connectivity index (χ0) is 11.8. The van der Waals surface area contributed by atoms with E-state index >= 15 is 0 Å². The van der Waals surface area contributed by atoms with E-state index in [4.69, 9.17) is 0 Å². The van der Waals surface area contributed by atoms with Crippen molar-refractivity contribution in [1.29, 1.82) is 0 Å². The van der Waals surface area contributed by atoms with Gasteiger partial charge >= 0.3 is 0 Å². The predicted molar refractivity (Wildman–Crippen MR) is 66.1 cm³/mol. The van der Waals surface area contributed by atoms with Crippen molar-refractivity contribution in [1.82, 2.24) is 0 Å². The van der Waals surface area contributed by atoms with Crippen LogP contribution in [0.15, 0.2) is 11.1 Å². The quantitative estimate of drug-likeness (QED) is 0.617. The van der Waals surface area contributed by atoms with E-state index in [1.54, 1.807) is 11.1 Å². The van der Waals surface area contributed by atoms with E-state index in [9.17, 15) is 5.11 Å². The highest BCUT2D eigenvalue weighted by Crippen LogP contribution is 2.67. The first-order valence-corrected chi connectivity index (χ1v) is 6.73. The molecule has 1 heteroatoms. The standard InChI is InChI=1S/C15H24O/c1-13(2)8-12-10-6-5-7-11(10)14(3,4)15(12,16)9-13/h12,16H,5-9H2,1-4H3. The van der Waals surface area contributed by atoms with Crippen molar-refractivity contribution in [2.24, 2.45) is 16.7 Å². The summed E-state index contributed by atoms with van der Waals surface area (Å²) >= 11 is 0. The Labute approximate surface area is 98.9 Å². The Morgan fingerprint density at radius 2 is 1.81 bits per heavy atom. The molecule has 3 aliphatic carbocycles. The Balaban J connectivity index is 2.10. The molecule has 3 rings (SSSR count). The summed E-state index contributed by atoms with van der Waals surface area (Å²) in [6, 6.07) is 0. The van der Waals surface area contributed by atoms with Crippen molar-refractivity contribution in [3.8, 4) is 0 Å². The second-order valence-corrected chi connectivity index (χ2v) is 7.50. The maximum absolute atomic E-state index is 11.2. The van der Waals surface area contributed by atoms with Gasteiger partial charge in [-0.2, -0.15) is 0 Å². The summed E-state index contributed by atoms with van der Waals surface area (Å²) in [7, 11) is 0. The molecule has 0 saturated heterocycles. The summed E-state index contributed by atoms with van der Waals surface area (Å²) in [5.41, 5.74) is 3.14. The van der Waals surface area contributed by atoms with Crippen LogP contribution < -0.4 is 0 Å². The van der Waals surface area contributed by atoms with Gasteiger partial charge in [-0.15, -0.1) is 0 Å². The van der Waals surface area contributed by atoms with Gasteiger partial charge in [-0.05, 0) is 37.5 Å². The lowest BCUT2D eigenvalue weighted by molar-refractivity contribution is -0.0611. The SMILES string of the molecule is CC1(C)CC2C3=C(CCC3)C(C)(C)C2(O)C1. The molecule has 90 valence electrons. The fourth-order valence-corrected chi connectivity index (χ4v) is 4.84. The van der Waals surface area contributed by atoms with E-state index in [2.05, 4.69) is 27.7 Å². The van der Waals surface area contributed by atoms with Crippen molar-refractivity contribution in [2.75, 3.05) is 0 Å². The van der Waals surface area contributed by atoms with Crippen molar-refractivity contribution in [2.45, 2.75) is 65.4 Å². The lowest BCUT2D eigenvalue weighted by atomic mass is 9.69. The molecule has 0 bridgehead atoms. The summed E-state index contributed by atoms with van der Waals surface area (Å²) in [6.45, 7) is 9.17. The van der Waals surface area contributed by atoms with Crippen LogP contribution in [0.2, 0.25) is 0 Å². The molecule has 0 spiro atoms. The molecule has 0 aromatic carbocycles. The lowest BCUT2D eigenvalue weighted by Gasteiger charge is -2.40. The molecule has 0 aromatic heterocycles. The van der Waals surface area contributed by atoms with Gasteiger partial charge in [-0.1, -0.05) is 38.8 Å². The van der Waals surface area contributed by atoms with E-state index in [0.717, 1.165) is 6.42 Å². The summed E-state index contributed by atoms with van der Waals surface area (Å²) < 4.78 is 0. The Morgan fingerprint density at radius 1 is 1.12 bits per heavy atom. The van der Waals surface area contributed by atoms with Gasteiger partial charge in [-0.3, -0.25) is 0 Å². The third-order valence-electron chi connectivity index (χ3n) is 5.60. The number of rotatable bonds is 0. The first kappa shape index (κ1) is 10.8. The molecule has 0 amide bonds. The van der Waals surface area contributed by atoms with Gasteiger partial charge < -0.3 is 5.11 Å². The average Bonchev–Trinajstić information content (AvgIpc) is 2.70. The molecule has 1 nitrogen and oxygen atoms in total. The van der Waals surface area contributed by atoms with Gasteiger partial charge in [0.1, 0.15) is 0 Å². The van der Waals surface area contributed by atoms with Crippen LogP contribution in [0.4, 0.5) is 0 Å². The summed E-state index contributed by atoms with van der Waals surface area (Å²) in [6.07, 6.45) is 5.97. The highest BCUT2D eigenvalue weighted by Gasteiger charge is 2.64. The maximum atomic E-state index is 11.2. The largest absolute Gasteiger partial charge is 0.388 e. The molecule has 0 aliphatic heterocycles. The van der Waals surface area contributed by atoms with Crippen LogP contribution in [0, 0.1) is 16.7 Å². The maximum Gasteiger partial charge on any atom is 0.0805 e. The minimum Gasteiger partial charge on any atom is -0.388 e. The number of hydrogen-bond acceptors (Lipinski definition) is 1. The Bertz CT molecular complexity index is 375. The molecule has 16 heavy (non-hydrogen) atoms. The molecule has 0 heterocycles. The first-order chi connectivity index (χ1) is 7.28. The van der Waals surface area contributed by atoms with Crippen LogP contribution in [-0.2, 0) is 0 Å². The Hall–Kier alpha value is -0.300. The highest BCUT2D eigenvalue weighted by atomic mass is 16.3.